The number of carbonyl (C=O) groups excluding carboxylic acids is 1. The average Bonchev–Trinajstić information content (AvgIpc) is 3.53. The van der Waals surface area contributed by atoms with Crippen LogP contribution in [0.4, 0.5) is 19.0 Å². The van der Waals surface area contributed by atoms with Crippen LogP contribution in [0.15, 0.2) is 30.6 Å². The molecule has 13 heteroatoms. The molecule has 0 unspecified atom stereocenters. The zero-order valence-corrected chi connectivity index (χ0v) is 23.9. The second kappa shape index (κ2) is 12.0. The Balaban J connectivity index is 1.36. The monoisotopic (exact) mass is 607 g/mol. The Morgan fingerprint density at radius 1 is 1.10 bits per heavy atom. The topological polar surface area (TPSA) is 99.5 Å². The van der Waals surface area contributed by atoms with Crippen molar-refractivity contribution in [3.63, 3.8) is 0 Å². The second-order valence-corrected chi connectivity index (χ2v) is 12.1. The standard InChI is InChI=1S/C28H29ClF3N5O3S/c1-16-3-2-6-37(16)15-23-26(18-9-19(28(30,31)32)11-20(29)10-18)35-25(41-23)12-22(38)21-13-34-24(14-33-21)36-7-4-17(5-8-36)27(39)40/h9-11,13-14,16-17H,2-8,12,15H2,1H3,(H,39,40)/t16-/m1/s1. The first-order chi connectivity index (χ1) is 19.5. The van der Waals surface area contributed by atoms with Gasteiger partial charge in [-0.05, 0) is 57.4 Å². The molecule has 2 aliphatic heterocycles. The first-order valence-electron chi connectivity index (χ1n) is 13.4. The third kappa shape index (κ3) is 6.87. The number of halogens is 4. The fourth-order valence-corrected chi connectivity index (χ4v) is 6.67. The first kappa shape index (κ1) is 29.4. The summed E-state index contributed by atoms with van der Waals surface area (Å²) in [6.45, 7) is 4.60. The zero-order chi connectivity index (χ0) is 29.3. The Kier molecular flexibility index (Phi) is 8.62. The summed E-state index contributed by atoms with van der Waals surface area (Å²) < 4.78 is 40.6. The Morgan fingerprint density at radius 2 is 1.85 bits per heavy atom. The molecule has 41 heavy (non-hydrogen) atoms. The summed E-state index contributed by atoms with van der Waals surface area (Å²) in [6, 6.07) is 3.75. The smallest absolute Gasteiger partial charge is 0.416 e. The fraction of sp³-hybridized carbons (Fsp3) is 0.464. The maximum absolute atomic E-state index is 13.5. The van der Waals surface area contributed by atoms with Crippen LogP contribution in [0.3, 0.4) is 0 Å². The van der Waals surface area contributed by atoms with E-state index in [9.17, 15) is 27.9 Å². The molecule has 2 aromatic heterocycles. The number of thiazole rings is 1. The first-order valence-corrected chi connectivity index (χ1v) is 14.6. The van der Waals surface area contributed by atoms with Crippen molar-refractivity contribution in [3.05, 3.63) is 56.8 Å². The van der Waals surface area contributed by atoms with Crippen molar-refractivity contribution in [2.75, 3.05) is 24.5 Å². The molecule has 0 bridgehead atoms. The van der Waals surface area contributed by atoms with Gasteiger partial charge < -0.3 is 10.0 Å². The molecule has 4 heterocycles. The van der Waals surface area contributed by atoms with Crippen LogP contribution in [0.2, 0.25) is 5.02 Å². The molecule has 0 spiro atoms. The molecule has 2 fully saturated rings. The largest absolute Gasteiger partial charge is 0.481 e. The number of benzene rings is 1. The van der Waals surface area contributed by atoms with Crippen LogP contribution in [0.25, 0.3) is 11.3 Å². The number of aliphatic carboxylic acids is 1. The summed E-state index contributed by atoms with van der Waals surface area (Å²) >= 11 is 7.39. The lowest BCUT2D eigenvalue weighted by Gasteiger charge is -2.30. The van der Waals surface area contributed by atoms with Gasteiger partial charge in [-0.25, -0.2) is 15.0 Å². The van der Waals surface area contributed by atoms with Crippen molar-refractivity contribution in [1.82, 2.24) is 19.9 Å². The number of nitrogens with zero attached hydrogens (tertiary/aromatic N) is 5. The summed E-state index contributed by atoms with van der Waals surface area (Å²) in [7, 11) is 0. The van der Waals surface area contributed by atoms with Gasteiger partial charge in [-0.15, -0.1) is 11.3 Å². The molecule has 0 saturated carbocycles. The van der Waals surface area contributed by atoms with Gasteiger partial charge in [0.1, 0.15) is 16.5 Å². The molecule has 1 N–H and O–H groups in total. The summed E-state index contributed by atoms with van der Waals surface area (Å²) in [4.78, 5) is 42.6. The van der Waals surface area contributed by atoms with E-state index in [1.54, 1.807) is 0 Å². The minimum Gasteiger partial charge on any atom is -0.481 e. The molecular formula is C28H29ClF3N5O3S. The highest BCUT2D eigenvalue weighted by Gasteiger charge is 2.32. The molecule has 0 aliphatic carbocycles. The summed E-state index contributed by atoms with van der Waals surface area (Å²) in [5, 5.41) is 9.63. The molecule has 0 radical (unpaired) electrons. The van der Waals surface area contributed by atoms with E-state index in [2.05, 4.69) is 26.8 Å². The second-order valence-electron chi connectivity index (χ2n) is 10.5. The Morgan fingerprint density at radius 3 is 2.46 bits per heavy atom. The third-order valence-electron chi connectivity index (χ3n) is 7.68. The van der Waals surface area contributed by atoms with Crippen LogP contribution in [0, 0.1) is 5.92 Å². The summed E-state index contributed by atoms with van der Waals surface area (Å²) in [6.07, 6.45) is 1.39. The van der Waals surface area contributed by atoms with Crippen molar-refractivity contribution < 1.29 is 27.9 Å². The van der Waals surface area contributed by atoms with E-state index in [1.807, 2.05) is 4.90 Å². The molecule has 0 amide bonds. The molecule has 218 valence electrons. The van der Waals surface area contributed by atoms with E-state index in [-0.39, 0.29) is 34.4 Å². The molecule has 1 atom stereocenters. The van der Waals surface area contributed by atoms with E-state index >= 15 is 0 Å². The van der Waals surface area contributed by atoms with E-state index < -0.39 is 17.7 Å². The number of likely N-dealkylation sites (tertiary alicyclic amines) is 1. The van der Waals surface area contributed by atoms with Crippen LogP contribution in [0.1, 0.15) is 58.5 Å². The zero-order valence-electron chi connectivity index (χ0n) is 22.3. The van der Waals surface area contributed by atoms with Gasteiger partial charge in [0.2, 0.25) is 0 Å². The van der Waals surface area contributed by atoms with Gasteiger partial charge in [-0.3, -0.25) is 14.5 Å². The van der Waals surface area contributed by atoms with Crippen LogP contribution >= 0.6 is 22.9 Å². The van der Waals surface area contributed by atoms with Gasteiger partial charge in [0, 0.05) is 41.1 Å². The normalized spacial score (nSPS) is 18.7. The molecule has 5 rings (SSSR count). The van der Waals surface area contributed by atoms with E-state index in [0.29, 0.717) is 55.0 Å². The number of anilines is 1. The van der Waals surface area contributed by atoms with Crippen LogP contribution < -0.4 is 4.90 Å². The minimum absolute atomic E-state index is 0.0384. The van der Waals surface area contributed by atoms with Crippen LogP contribution in [-0.4, -0.2) is 62.4 Å². The number of alkyl halides is 3. The maximum atomic E-state index is 13.5. The number of aromatic nitrogens is 3. The number of carbonyl (C=O) groups is 2. The van der Waals surface area contributed by atoms with Crippen molar-refractivity contribution in [2.24, 2.45) is 5.92 Å². The van der Waals surface area contributed by atoms with Crippen LogP contribution in [-0.2, 0) is 23.9 Å². The van der Waals surface area contributed by atoms with E-state index in [1.165, 1.54) is 29.8 Å². The Bertz CT molecular complexity index is 1420. The number of piperidine rings is 1. The number of ketones is 1. The third-order valence-corrected chi connectivity index (χ3v) is 8.94. The van der Waals surface area contributed by atoms with E-state index in [0.717, 1.165) is 36.4 Å². The van der Waals surface area contributed by atoms with Gasteiger partial charge in [-0.2, -0.15) is 13.2 Å². The predicted molar refractivity (Wildman–Crippen MR) is 149 cm³/mol. The predicted octanol–water partition coefficient (Wildman–Crippen LogP) is 5.98. The molecular weight excluding hydrogens is 579 g/mol. The summed E-state index contributed by atoms with van der Waals surface area (Å²) in [5.41, 5.74) is -0.0371. The molecule has 1 aromatic carbocycles. The SMILES string of the molecule is C[C@@H]1CCCN1Cc1sc(CC(=O)c2cnc(N3CCC(C(=O)O)CC3)cn2)nc1-c1cc(Cl)cc(C(F)(F)F)c1. The van der Waals surface area contributed by atoms with E-state index in [4.69, 9.17) is 11.6 Å². The Labute approximate surface area is 244 Å². The molecule has 3 aromatic rings. The highest BCUT2D eigenvalue weighted by molar-refractivity contribution is 7.12. The molecule has 8 nitrogen and oxygen atoms in total. The fourth-order valence-electron chi connectivity index (χ4n) is 5.32. The van der Waals surface area contributed by atoms with Gasteiger partial charge in [0.15, 0.2) is 5.78 Å². The quantitative estimate of drug-likeness (QED) is 0.312. The summed E-state index contributed by atoms with van der Waals surface area (Å²) in [5.74, 6) is -0.896. The van der Waals surface area contributed by atoms with Crippen LogP contribution in [0.5, 0.6) is 0 Å². The number of hydrogen-bond donors (Lipinski definition) is 1. The van der Waals surface area contributed by atoms with Crippen molar-refractivity contribution >= 4 is 40.5 Å². The lowest BCUT2D eigenvalue weighted by atomic mass is 9.97. The van der Waals surface area contributed by atoms with Gasteiger partial charge in [0.25, 0.3) is 0 Å². The number of carboxylic acids is 1. The highest BCUT2D eigenvalue weighted by atomic mass is 35.5. The Hall–Kier alpha value is -3.09. The maximum Gasteiger partial charge on any atom is 0.416 e. The minimum atomic E-state index is -4.56. The van der Waals surface area contributed by atoms with Gasteiger partial charge in [0.05, 0.1) is 36.0 Å². The van der Waals surface area contributed by atoms with Crippen molar-refractivity contribution in [1.29, 1.82) is 0 Å². The lowest BCUT2D eigenvalue weighted by Crippen LogP contribution is -2.36. The number of carboxylic acid groups (broad SMARTS) is 1. The highest BCUT2D eigenvalue weighted by Crippen LogP contribution is 2.38. The molecule has 2 saturated heterocycles. The number of rotatable bonds is 8. The lowest BCUT2D eigenvalue weighted by molar-refractivity contribution is -0.142. The molecule has 2 aliphatic rings. The number of hydrogen-bond acceptors (Lipinski definition) is 8. The van der Waals surface area contributed by atoms with Gasteiger partial charge >= 0.3 is 12.1 Å². The van der Waals surface area contributed by atoms with Gasteiger partial charge in [-0.1, -0.05) is 11.6 Å². The van der Waals surface area contributed by atoms with Crippen molar-refractivity contribution in [3.8, 4) is 11.3 Å². The number of Topliss-reactive ketones (excluding diaryl/α,β-unsaturated/α-hetero) is 1. The van der Waals surface area contributed by atoms with Crippen molar-refractivity contribution in [2.45, 2.75) is 57.8 Å². The average molecular weight is 608 g/mol.